The molecule has 0 unspecified atom stereocenters. The van der Waals surface area contributed by atoms with Crippen molar-refractivity contribution in [3.8, 4) is 5.88 Å². The van der Waals surface area contributed by atoms with Crippen molar-refractivity contribution in [2.45, 2.75) is 20.3 Å². The van der Waals surface area contributed by atoms with Crippen LogP contribution in [0.5, 0.6) is 5.88 Å². The highest BCUT2D eigenvalue weighted by atomic mass is 19.1. The molecule has 5 heteroatoms. The Morgan fingerprint density at radius 2 is 2.29 bits per heavy atom. The second-order valence-corrected chi connectivity index (χ2v) is 2.71. The average molecular weight is 199 g/mol. The van der Waals surface area contributed by atoms with Crippen molar-refractivity contribution in [2.75, 3.05) is 18.5 Å². The topological polar surface area (TPSA) is 47.0 Å². The van der Waals surface area contributed by atoms with Crippen LogP contribution in [0.1, 0.15) is 20.3 Å². The predicted molar refractivity (Wildman–Crippen MR) is 51.9 cm³/mol. The Labute approximate surface area is 82.5 Å². The summed E-state index contributed by atoms with van der Waals surface area (Å²) in [6.45, 7) is 4.96. The molecule has 0 atom stereocenters. The van der Waals surface area contributed by atoms with Crippen molar-refractivity contribution in [1.29, 1.82) is 0 Å². The summed E-state index contributed by atoms with van der Waals surface area (Å²) in [5, 5.41) is 2.95. The zero-order chi connectivity index (χ0) is 10.4. The Bertz CT molecular complexity index is 293. The predicted octanol–water partition coefficient (Wildman–Crippen LogP) is 1.84. The number of aromatic nitrogens is 2. The quantitative estimate of drug-likeness (QED) is 0.786. The standard InChI is InChI=1S/C9H14FN3O/c1-3-5-11-9-12-6-7(10)8(13-9)14-4-2/h6H,3-5H2,1-2H3,(H,11,12,13). The van der Waals surface area contributed by atoms with Crippen molar-refractivity contribution in [1.82, 2.24) is 9.97 Å². The number of ether oxygens (including phenoxy) is 1. The third-order valence-electron chi connectivity index (χ3n) is 1.53. The summed E-state index contributed by atoms with van der Waals surface area (Å²) in [5.74, 6) is -0.133. The van der Waals surface area contributed by atoms with E-state index in [-0.39, 0.29) is 5.88 Å². The van der Waals surface area contributed by atoms with Crippen LogP contribution in [0.4, 0.5) is 10.3 Å². The SMILES string of the molecule is CCCNc1ncc(F)c(OCC)n1. The fourth-order valence-electron chi connectivity index (χ4n) is 0.911. The Morgan fingerprint density at radius 1 is 1.50 bits per heavy atom. The molecule has 0 radical (unpaired) electrons. The summed E-state index contributed by atoms with van der Waals surface area (Å²) in [6.07, 6.45) is 2.07. The maximum atomic E-state index is 13.0. The van der Waals surface area contributed by atoms with Gasteiger partial charge in [-0.25, -0.2) is 4.98 Å². The van der Waals surface area contributed by atoms with Gasteiger partial charge in [0.05, 0.1) is 12.8 Å². The highest BCUT2D eigenvalue weighted by Gasteiger charge is 2.06. The Kier molecular flexibility index (Phi) is 4.10. The number of hydrogen-bond acceptors (Lipinski definition) is 4. The zero-order valence-electron chi connectivity index (χ0n) is 8.38. The highest BCUT2D eigenvalue weighted by Crippen LogP contribution is 2.13. The smallest absolute Gasteiger partial charge is 0.255 e. The number of hydrogen-bond donors (Lipinski definition) is 1. The van der Waals surface area contributed by atoms with Crippen LogP contribution in [0.25, 0.3) is 0 Å². The van der Waals surface area contributed by atoms with Crippen LogP contribution < -0.4 is 10.1 Å². The van der Waals surface area contributed by atoms with Crippen LogP contribution in [0.2, 0.25) is 0 Å². The van der Waals surface area contributed by atoms with Gasteiger partial charge in [-0.05, 0) is 13.3 Å². The van der Waals surface area contributed by atoms with Crippen LogP contribution in [0.3, 0.4) is 0 Å². The lowest BCUT2D eigenvalue weighted by molar-refractivity contribution is 0.306. The summed E-state index contributed by atoms with van der Waals surface area (Å²) in [4.78, 5) is 7.66. The minimum atomic E-state index is -0.533. The van der Waals surface area contributed by atoms with E-state index in [0.29, 0.717) is 12.6 Å². The molecule has 0 saturated carbocycles. The molecule has 0 aliphatic rings. The molecule has 0 aromatic carbocycles. The van der Waals surface area contributed by atoms with Gasteiger partial charge in [-0.1, -0.05) is 6.92 Å². The molecule has 0 fully saturated rings. The minimum absolute atomic E-state index is 0.00102. The third kappa shape index (κ3) is 2.83. The van der Waals surface area contributed by atoms with Gasteiger partial charge in [0.1, 0.15) is 0 Å². The first-order valence-electron chi connectivity index (χ1n) is 4.67. The van der Waals surface area contributed by atoms with E-state index < -0.39 is 5.82 Å². The second kappa shape index (κ2) is 5.36. The molecule has 1 heterocycles. The van der Waals surface area contributed by atoms with E-state index in [1.54, 1.807) is 6.92 Å². The van der Waals surface area contributed by atoms with Gasteiger partial charge in [0.15, 0.2) is 0 Å². The van der Waals surface area contributed by atoms with Gasteiger partial charge in [-0.2, -0.15) is 9.37 Å². The molecule has 0 aliphatic heterocycles. The van der Waals surface area contributed by atoms with E-state index >= 15 is 0 Å². The zero-order valence-corrected chi connectivity index (χ0v) is 8.38. The lowest BCUT2D eigenvalue weighted by Crippen LogP contribution is -2.06. The van der Waals surface area contributed by atoms with Gasteiger partial charge in [0.25, 0.3) is 5.88 Å². The van der Waals surface area contributed by atoms with E-state index in [2.05, 4.69) is 15.3 Å². The van der Waals surface area contributed by atoms with Crippen LogP contribution in [0.15, 0.2) is 6.20 Å². The molecule has 1 rings (SSSR count). The van der Waals surface area contributed by atoms with Crippen LogP contribution >= 0.6 is 0 Å². The molecule has 0 spiro atoms. The third-order valence-corrected chi connectivity index (χ3v) is 1.53. The summed E-state index contributed by atoms with van der Waals surface area (Å²) in [5.41, 5.74) is 0. The lowest BCUT2D eigenvalue weighted by Gasteiger charge is -2.06. The normalized spacial score (nSPS) is 9.93. The van der Waals surface area contributed by atoms with E-state index in [1.165, 1.54) is 0 Å². The number of rotatable bonds is 5. The molecule has 1 aromatic heterocycles. The van der Waals surface area contributed by atoms with Crippen molar-refractivity contribution in [2.24, 2.45) is 0 Å². The Morgan fingerprint density at radius 3 is 2.93 bits per heavy atom. The molecule has 0 saturated heterocycles. The second-order valence-electron chi connectivity index (χ2n) is 2.71. The monoisotopic (exact) mass is 199 g/mol. The van der Waals surface area contributed by atoms with Gasteiger partial charge in [0.2, 0.25) is 11.8 Å². The summed E-state index contributed by atoms with van der Waals surface area (Å²) in [7, 11) is 0. The van der Waals surface area contributed by atoms with E-state index in [1.807, 2.05) is 6.92 Å². The van der Waals surface area contributed by atoms with E-state index in [0.717, 1.165) is 19.2 Å². The molecular formula is C9H14FN3O. The first-order chi connectivity index (χ1) is 6.77. The number of halogens is 1. The molecule has 0 aliphatic carbocycles. The number of nitrogens with zero attached hydrogens (tertiary/aromatic N) is 2. The number of nitrogens with one attached hydrogen (secondary N) is 1. The Balaban J connectivity index is 2.72. The molecule has 0 amide bonds. The van der Waals surface area contributed by atoms with Gasteiger partial charge in [0, 0.05) is 6.54 Å². The van der Waals surface area contributed by atoms with Gasteiger partial charge in [-0.3, -0.25) is 0 Å². The Hall–Kier alpha value is -1.39. The minimum Gasteiger partial charge on any atom is -0.476 e. The van der Waals surface area contributed by atoms with Crippen LogP contribution in [0, 0.1) is 5.82 Å². The van der Waals surface area contributed by atoms with Crippen LogP contribution in [-0.4, -0.2) is 23.1 Å². The summed E-state index contributed by atoms with van der Waals surface area (Å²) in [6, 6.07) is 0. The molecule has 4 nitrogen and oxygen atoms in total. The number of anilines is 1. The van der Waals surface area contributed by atoms with Crippen molar-refractivity contribution in [3.63, 3.8) is 0 Å². The maximum Gasteiger partial charge on any atom is 0.255 e. The first kappa shape index (κ1) is 10.7. The van der Waals surface area contributed by atoms with E-state index in [4.69, 9.17) is 4.74 Å². The van der Waals surface area contributed by atoms with Crippen molar-refractivity contribution >= 4 is 5.95 Å². The molecule has 0 bridgehead atoms. The molecule has 1 N–H and O–H groups in total. The van der Waals surface area contributed by atoms with Gasteiger partial charge < -0.3 is 10.1 Å². The summed E-state index contributed by atoms with van der Waals surface area (Å²) >= 11 is 0. The fraction of sp³-hybridized carbons (Fsp3) is 0.556. The van der Waals surface area contributed by atoms with Crippen molar-refractivity contribution < 1.29 is 9.13 Å². The maximum absolute atomic E-state index is 13.0. The van der Waals surface area contributed by atoms with Gasteiger partial charge >= 0.3 is 0 Å². The first-order valence-corrected chi connectivity index (χ1v) is 4.67. The largest absolute Gasteiger partial charge is 0.476 e. The van der Waals surface area contributed by atoms with Crippen molar-refractivity contribution in [3.05, 3.63) is 12.0 Å². The molecule has 78 valence electrons. The highest BCUT2D eigenvalue weighted by molar-refractivity contribution is 5.28. The molecule has 14 heavy (non-hydrogen) atoms. The lowest BCUT2D eigenvalue weighted by atomic mass is 10.5. The summed E-state index contributed by atoms with van der Waals surface area (Å²) < 4.78 is 18.0. The van der Waals surface area contributed by atoms with Gasteiger partial charge in [-0.15, -0.1) is 0 Å². The molecular weight excluding hydrogens is 185 g/mol. The average Bonchev–Trinajstić information content (AvgIpc) is 2.19. The van der Waals surface area contributed by atoms with Crippen LogP contribution in [-0.2, 0) is 0 Å². The van der Waals surface area contributed by atoms with E-state index in [9.17, 15) is 4.39 Å². The fourth-order valence-corrected chi connectivity index (χ4v) is 0.911. The molecule has 1 aromatic rings.